The van der Waals surface area contributed by atoms with Crippen molar-refractivity contribution < 1.29 is 24.0 Å². The van der Waals surface area contributed by atoms with Gasteiger partial charge in [0.25, 0.3) is 11.8 Å². The number of Topliss-reactive ketones (excluding diaryl/α,β-unsaturated/α-hetero) is 1. The Hall–Kier alpha value is -3.27. The van der Waals surface area contributed by atoms with E-state index in [0.717, 1.165) is 74.3 Å². The predicted octanol–water partition coefficient (Wildman–Crippen LogP) is 4.00. The molecule has 1 saturated heterocycles. The summed E-state index contributed by atoms with van der Waals surface area (Å²) < 4.78 is 0.986. The second-order valence-electron chi connectivity index (χ2n) is 12.2. The second kappa shape index (κ2) is 14.3. The summed E-state index contributed by atoms with van der Waals surface area (Å²) in [7, 11) is 0. The molecule has 1 aromatic heterocycles. The van der Waals surface area contributed by atoms with E-state index in [2.05, 4.69) is 21.3 Å². The minimum absolute atomic E-state index is 0.0505. The third kappa shape index (κ3) is 7.76. The van der Waals surface area contributed by atoms with Gasteiger partial charge >= 0.3 is 0 Å². The highest BCUT2D eigenvalue weighted by molar-refractivity contribution is 7.20. The lowest BCUT2D eigenvalue weighted by molar-refractivity contribution is -0.141. The molecule has 10 heteroatoms. The van der Waals surface area contributed by atoms with Crippen molar-refractivity contribution in [3.8, 4) is 0 Å². The van der Waals surface area contributed by atoms with E-state index in [9.17, 15) is 24.0 Å². The van der Waals surface area contributed by atoms with Crippen LogP contribution in [0.3, 0.4) is 0 Å². The highest BCUT2D eigenvalue weighted by Gasteiger charge is 2.37. The molecule has 0 bridgehead atoms. The van der Waals surface area contributed by atoms with Crippen LogP contribution in [0.4, 0.5) is 0 Å². The number of ketones is 1. The molecular formula is C32H42N4O5S. The Morgan fingerprint density at radius 3 is 2.26 bits per heavy atom. The van der Waals surface area contributed by atoms with Gasteiger partial charge in [-0.15, -0.1) is 11.3 Å². The number of carbonyl (C=O) groups excluding carboxylic acids is 5. The standard InChI is InChI=1S/C32H42N4O5S/c37-28(32(41)34-23-12-5-2-6-13-23)24(18-22-15-16-33-29(22)38)35-30(39)25(17-20-9-3-1-4-10-20)36-31(40)27-19-21-11-7-8-14-26(21)42-27/h7-8,11,14,19-20,22-25H,1-6,9-10,12-13,15-18H2,(H,33,38)(H,34,41)(H,35,39)(H,36,40)/t22-,24?,25-/m0/s1. The molecule has 2 saturated carbocycles. The van der Waals surface area contributed by atoms with Crippen LogP contribution in [-0.2, 0) is 19.2 Å². The zero-order chi connectivity index (χ0) is 29.5. The van der Waals surface area contributed by atoms with Gasteiger partial charge in [0.15, 0.2) is 0 Å². The Morgan fingerprint density at radius 2 is 1.57 bits per heavy atom. The van der Waals surface area contributed by atoms with Crippen molar-refractivity contribution in [2.75, 3.05) is 6.54 Å². The topological polar surface area (TPSA) is 133 Å². The number of hydrogen-bond acceptors (Lipinski definition) is 6. The normalized spacial score (nSPS) is 21.3. The quantitative estimate of drug-likeness (QED) is 0.292. The maximum absolute atomic E-state index is 13.8. The summed E-state index contributed by atoms with van der Waals surface area (Å²) in [6.07, 6.45) is 11.1. The molecule has 3 atom stereocenters. The minimum atomic E-state index is -1.15. The summed E-state index contributed by atoms with van der Waals surface area (Å²) in [5.41, 5.74) is 0. The zero-order valence-electron chi connectivity index (χ0n) is 24.1. The maximum Gasteiger partial charge on any atom is 0.289 e. The van der Waals surface area contributed by atoms with Crippen molar-refractivity contribution in [2.45, 2.75) is 102 Å². The Balaban J connectivity index is 1.32. The molecule has 1 unspecified atom stereocenters. The fraction of sp³-hybridized carbons (Fsp3) is 0.594. The minimum Gasteiger partial charge on any atom is -0.356 e. The Morgan fingerprint density at radius 1 is 0.857 bits per heavy atom. The van der Waals surface area contributed by atoms with Crippen molar-refractivity contribution in [2.24, 2.45) is 11.8 Å². The smallest absolute Gasteiger partial charge is 0.289 e. The fourth-order valence-electron chi connectivity index (χ4n) is 6.63. The molecule has 226 valence electrons. The monoisotopic (exact) mass is 594 g/mol. The molecule has 0 spiro atoms. The van der Waals surface area contributed by atoms with E-state index in [4.69, 9.17) is 0 Å². The lowest BCUT2D eigenvalue weighted by Gasteiger charge is -2.28. The number of benzene rings is 1. The van der Waals surface area contributed by atoms with Crippen LogP contribution >= 0.6 is 11.3 Å². The van der Waals surface area contributed by atoms with E-state index < -0.39 is 35.6 Å². The fourth-order valence-corrected chi connectivity index (χ4v) is 7.60. The lowest BCUT2D eigenvalue weighted by atomic mass is 9.84. The van der Waals surface area contributed by atoms with E-state index in [1.807, 2.05) is 30.3 Å². The van der Waals surface area contributed by atoms with Crippen molar-refractivity contribution in [3.05, 3.63) is 35.2 Å². The van der Waals surface area contributed by atoms with Gasteiger partial charge in [0.2, 0.25) is 17.6 Å². The molecule has 1 aromatic carbocycles. The number of carbonyl (C=O) groups is 5. The zero-order valence-corrected chi connectivity index (χ0v) is 24.9. The Bertz CT molecular complexity index is 1260. The first-order valence-corrected chi connectivity index (χ1v) is 16.4. The predicted molar refractivity (Wildman–Crippen MR) is 162 cm³/mol. The van der Waals surface area contributed by atoms with Crippen LogP contribution in [0, 0.1) is 11.8 Å². The first-order valence-electron chi connectivity index (χ1n) is 15.6. The number of rotatable bonds is 11. The molecule has 2 aliphatic carbocycles. The highest BCUT2D eigenvalue weighted by atomic mass is 32.1. The van der Waals surface area contributed by atoms with Gasteiger partial charge in [-0.25, -0.2) is 0 Å². The number of hydrogen-bond donors (Lipinski definition) is 4. The summed E-state index contributed by atoms with van der Waals surface area (Å²) >= 11 is 1.37. The summed E-state index contributed by atoms with van der Waals surface area (Å²) in [6.45, 7) is 0.502. The summed E-state index contributed by atoms with van der Waals surface area (Å²) in [6, 6.07) is 7.50. The Kier molecular flexibility index (Phi) is 10.3. The van der Waals surface area contributed by atoms with E-state index in [0.29, 0.717) is 24.3 Å². The molecule has 4 amide bonds. The largest absolute Gasteiger partial charge is 0.356 e. The van der Waals surface area contributed by atoms with Gasteiger partial charge < -0.3 is 21.3 Å². The average Bonchev–Trinajstić information content (AvgIpc) is 3.63. The number of fused-ring (bicyclic) bond motifs is 1. The molecule has 1 aliphatic heterocycles. The summed E-state index contributed by atoms with van der Waals surface area (Å²) in [5.74, 6) is -2.64. The molecule has 3 aliphatic rings. The molecule has 42 heavy (non-hydrogen) atoms. The van der Waals surface area contributed by atoms with Crippen LogP contribution in [0.5, 0.6) is 0 Å². The molecular weight excluding hydrogens is 552 g/mol. The van der Waals surface area contributed by atoms with Gasteiger partial charge in [0.05, 0.1) is 10.9 Å². The van der Waals surface area contributed by atoms with Crippen molar-refractivity contribution in [3.63, 3.8) is 0 Å². The summed E-state index contributed by atoms with van der Waals surface area (Å²) in [4.78, 5) is 66.6. The van der Waals surface area contributed by atoms with Gasteiger partial charge in [-0.1, -0.05) is 69.6 Å². The van der Waals surface area contributed by atoms with E-state index in [1.54, 1.807) is 0 Å². The first kappa shape index (κ1) is 30.2. The van der Waals surface area contributed by atoms with Crippen molar-refractivity contribution in [1.29, 1.82) is 0 Å². The third-order valence-corrected chi connectivity index (χ3v) is 10.2. The SMILES string of the molecule is O=C(NC1CCCCC1)C(=O)C(C[C@@H]1CCNC1=O)NC(=O)[C@H](CC1CCCCC1)NC(=O)c1cc2ccccc2s1. The highest BCUT2D eigenvalue weighted by Crippen LogP contribution is 2.29. The van der Waals surface area contributed by atoms with Crippen molar-refractivity contribution in [1.82, 2.24) is 21.3 Å². The second-order valence-corrected chi connectivity index (χ2v) is 13.2. The molecule has 4 N–H and O–H groups in total. The van der Waals surface area contributed by atoms with Crippen LogP contribution in [0.25, 0.3) is 10.1 Å². The average molecular weight is 595 g/mol. The van der Waals surface area contributed by atoms with Gasteiger partial charge in [0, 0.05) is 23.2 Å². The van der Waals surface area contributed by atoms with Gasteiger partial charge in [0.1, 0.15) is 6.04 Å². The molecule has 2 heterocycles. The molecule has 9 nitrogen and oxygen atoms in total. The van der Waals surface area contributed by atoms with E-state index in [-0.39, 0.29) is 30.2 Å². The molecule has 5 rings (SSSR count). The van der Waals surface area contributed by atoms with Crippen LogP contribution in [-0.4, -0.2) is 54.1 Å². The first-order chi connectivity index (χ1) is 20.4. The van der Waals surface area contributed by atoms with Gasteiger partial charge in [-0.2, -0.15) is 0 Å². The summed E-state index contributed by atoms with van der Waals surface area (Å²) in [5, 5.41) is 12.4. The lowest BCUT2D eigenvalue weighted by Crippen LogP contribution is -2.55. The Labute approximate surface area is 251 Å². The van der Waals surface area contributed by atoms with Crippen LogP contribution in [0.2, 0.25) is 0 Å². The molecule has 3 fully saturated rings. The van der Waals surface area contributed by atoms with Crippen LogP contribution in [0.15, 0.2) is 30.3 Å². The molecule has 0 radical (unpaired) electrons. The molecule has 2 aromatic rings. The number of nitrogens with one attached hydrogen (secondary N) is 4. The van der Waals surface area contributed by atoms with Gasteiger partial charge in [-0.05, 0) is 55.5 Å². The third-order valence-electron chi connectivity index (χ3n) is 9.05. The van der Waals surface area contributed by atoms with Gasteiger partial charge in [-0.3, -0.25) is 24.0 Å². The number of thiophene rings is 1. The van der Waals surface area contributed by atoms with E-state index in [1.165, 1.54) is 11.3 Å². The van der Waals surface area contributed by atoms with Crippen LogP contribution < -0.4 is 21.3 Å². The van der Waals surface area contributed by atoms with Crippen molar-refractivity contribution >= 4 is 50.8 Å². The van der Waals surface area contributed by atoms with Crippen LogP contribution in [0.1, 0.15) is 93.1 Å². The van der Waals surface area contributed by atoms with E-state index >= 15 is 0 Å². The number of amides is 4. The maximum atomic E-state index is 13.8.